The van der Waals surface area contributed by atoms with Gasteiger partial charge in [0.2, 0.25) is 29.5 Å². The molecular formula is C53H45BrF12K2N18O12S24. The van der Waals surface area contributed by atoms with E-state index < -0.39 is 37.1 Å². The predicted molar refractivity (Wildman–Crippen MR) is 488 cm³/mol. The standard InChI is InChI=1S/C16H11F3N6O2.C12H10F3N3O2S.C9H6F3N3O2.C8H7F3N2O2.C6H9N3O.CBrN.CH2O3.2K.S12.S11.H/c1-8-12-11(6-7-20-8)21-14(22-12)23-15-25-24-13(26-15)9-2-4-10(5-3-9)27-16(17,18)19;1-7(21-2)16-11-18-17-10(19-11)8-3-5-9(6-4-8)20-12(13,14)15;10-9(11,12)17-6-3-1-5(2-4-6)7-14-15-8(13)16-7;9-8(10,11)15-6-3-1-5(2-4-6)7(14)13-12;1-10-6-5(8)4(7)2-3-9-6;2-1-3;2-1-4-3;;;1-3-5-7-9-11-12-10-8-6-4-2;1-3-5-7-9-11-10-8-6-4-2;/h2-7H,1H3,(H2,21,22,23,25);3-6H,1-2H3;1-4H,(H2,13,15);1-4H,12H2,(H,13,14);2-3H,8H2,1H3,(H2,7,9);;1,3H;;;;;/q;;;;;;;2*+1;;;-1/p-1. The topological polar surface area (TPSA) is 448 Å². The van der Waals surface area contributed by atoms with Gasteiger partial charge in [-0.25, -0.2) is 15.8 Å². The molecule has 10 rings (SSSR count). The molecule has 0 aliphatic rings. The minimum Gasteiger partial charge on any atom is -1.00 e. The Morgan fingerprint density at radius 3 is 1.28 bits per heavy atom. The molecule has 69 heteroatoms. The van der Waals surface area contributed by atoms with Crippen LogP contribution in [0.5, 0.6) is 28.9 Å². The number of aryl methyl sites for hydroxylation is 1. The number of rotatable bonds is 13. The van der Waals surface area contributed by atoms with Gasteiger partial charge in [-0.3, -0.25) is 25.3 Å². The van der Waals surface area contributed by atoms with Crippen molar-refractivity contribution in [3.63, 3.8) is 0 Å². The average Bonchev–Trinajstić information content (AvgIpc) is 1.67. The molecule has 0 spiro atoms. The Balaban J connectivity index is 0. The summed E-state index contributed by atoms with van der Waals surface area (Å²) in [5.41, 5.74) is 22.7. The van der Waals surface area contributed by atoms with Crippen LogP contribution in [0, 0.1) is 17.2 Å². The van der Waals surface area contributed by atoms with E-state index in [9.17, 15) is 57.5 Å². The van der Waals surface area contributed by atoms with Crippen molar-refractivity contribution >= 4 is 305 Å². The maximum atomic E-state index is 12.2. The number of pyridine rings is 2. The molecule has 656 valence electrons. The summed E-state index contributed by atoms with van der Waals surface area (Å²) >= 11 is 22.6. The van der Waals surface area contributed by atoms with Crippen LogP contribution in [-0.2, 0) is 223 Å². The Kier molecular flexibility index (Phi) is 65.9. The number of benzene rings is 4. The Hall–Kier alpha value is -3.39. The van der Waals surface area contributed by atoms with Crippen molar-refractivity contribution in [3.05, 3.63) is 133 Å². The SMILES string of the molecule is COc1nccc(N)c1N.CSC(C)=Nc1nnc(-c2ccc(OC(F)(F)F)cc2)o1.Cc1nccc2[nH]c(Nc3nnc(-c4ccc(OC(F)(F)F)cc4)o3)nc12.N#CBr.NNC(=O)c1ccc(OC(F)(F)F)cc1.Nc1nnc(-c2ccc(OC(F)(F)F)cc2)o1.O=CO[O-].S=S=S=S=S=S=S=S=S=S=S.S=S=S=S=S=S=S=S=S=S=S=S.[H-].[K+].[K+]. The first-order valence-corrected chi connectivity index (χ1v) is 58.9. The smallest absolute Gasteiger partial charge is 1.00 e. The van der Waals surface area contributed by atoms with Gasteiger partial charge in [0, 0.05) is 264 Å². The second kappa shape index (κ2) is 67.8. The zero-order valence-corrected chi connectivity index (χ0v) is 87.9. The largest absolute Gasteiger partial charge is 1.00 e. The summed E-state index contributed by atoms with van der Waals surface area (Å²) in [5.74, 6) is 4.06. The molecule has 4 aromatic carbocycles. The van der Waals surface area contributed by atoms with Crippen LogP contribution >= 0.6 is 27.7 Å². The number of nitriles is 1. The van der Waals surface area contributed by atoms with Crippen LogP contribution in [0.15, 0.2) is 140 Å². The first kappa shape index (κ1) is 119. The van der Waals surface area contributed by atoms with Crippen molar-refractivity contribution in [1.82, 2.24) is 56.0 Å². The van der Waals surface area contributed by atoms with E-state index in [1.54, 1.807) is 170 Å². The molecule has 6 aromatic heterocycles. The van der Waals surface area contributed by atoms with Crippen LogP contribution in [0.1, 0.15) is 24.4 Å². The monoisotopic (exact) mass is 2280 g/mol. The van der Waals surface area contributed by atoms with Gasteiger partial charge in [0.15, 0.2) is 0 Å². The van der Waals surface area contributed by atoms with E-state index in [-0.39, 0.29) is 169 Å². The summed E-state index contributed by atoms with van der Waals surface area (Å²) in [5, 5.41) is 41.5. The number of carbonyl (C=O) groups is 2. The maximum absolute atomic E-state index is 12.2. The molecule has 0 atom stereocenters. The summed E-state index contributed by atoms with van der Waals surface area (Å²) in [6, 6.07) is 23.1. The van der Waals surface area contributed by atoms with Crippen LogP contribution in [-0.4, -0.2) is 107 Å². The van der Waals surface area contributed by atoms with Gasteiger partial charge in [-0.15, -0.1) is 79.7 Å². The van der Waals surface area contributed by atoms with Crippen LogP contribution < -0.4 is 165 Å². The number of amides is 1. The first-order valence-electron chi connectivity index (χ1n) is 28.8. The number of halogens is 13. The maximum Gasteiger partial charge on any atom is 1.00 e. The number of aromatic amines is 1. The third-order valence-electron chi connectivity index (χ3n) is 10.8. The number of H-pyrrole nitrogens is 1. The van der Waals surface area contributed by atoms with E-state index in [4.69, 9.17) is 56.3 Å². The van der Waals surface area contributed by atoms with Gasteiger partial charge < -0.3 is 70.7 Å². The molecule has 0 saturated heterocycles. The van der Waals surface area contributed by atoms with E-state index in [1.807, 2.05) is 18.6 Å². The number of carbonyl (C=O) groups excluding carboxylic acids is 2. The molecule has 0 fully saturated rings. The third-order valence-corrected chi connectivity index (χ3v) is 49.3. The summed E-state index contributed by atoms with van der Waals surface area (Å²) < 4.78 is 179. The number of nitrogens with zero attached hydrogens (tertiary/aromatic N) is 11. The fourth-order valence-electron chi connectivity index (χ4n) is 6.62. The normalized spacial score (nSPS) is 10.0. The van der Waals surface area contributed by atoms with E-state index in [0.29, 0.717) is 45.4 Å². The molecule has 0 saturated carbocycles. The minimum atomic E-state index is -4.75. The molecule has 122 heavy (non-hydrogen) atoms. The third kappa shape index (κ3) is 55.5. The zero-order chi connectivity index (χ0) is 89.5. The fourth-order valence-corrected chi connectivity index (χ4v) is 48.0. The van der Waals surface area contributed by atoms with Crippen molar-refractivity contribution in [3.8, 4) is 68.2 Å². The number of imidazole rings is 1. The molecule has 0 aliphatic carbocycles. The summed E-state index contributed by atoms with van der Waals surface area (Å²) in [4.78, 5) is 43.2. The quantitative estimate of drug-likeness (QED) is 0.00915. The number of aliphatic imine (C=N–C) groups is 1. The van der Waals surface area contributed by atoms with Gasteiger partial charge in [-0.2, -0.15) is 10.3 Å². The van der Waals surface area contributed by atoms with Crippen LogP contribution in [0.25, 0.3) is 45.4 Å². The number of aromatic nitrogens is 10. The Morgan fingerprint density at radius 1 is 0.582 bits per heavy atom. The molecule has 0 aliphatic heterocycles. The number of hydrogen-bond donors (Lipinski definition) is 7. The summed E-state index contributed by atoms with van der Waals surface area (Å²) in [6.07, 6.45) is -13.8. The summed E-state index contributed by atoms with van der Waals surface area (Å²) in [6.45, 7) is 3.45. The number of alkyl halides is 12. The van der Waals surface area contributed by atoms with Gasteiger partial charge in [0.1, 0.15) is 39.2 Å². The second-order valence-electron chi connectivity index (χ2n) is 18.2. The number of nitrogens with two attached hydrogens (primary N) is 4. The Bertz CT molecular complexity index is 5880. The van der Waals surface area contributed by atoms with E-state index >= 15 is 0 Å². The van der Waals surface area contributed by atoms with Crippen molar-refractivity contribution in [2.45, 2.75) is 39.3 Å². The Morgan fingerprint density at radius 2 is 0.943 bits per heavy atom. The average molecular weight is 2280 g/mol. The van der Waals surface area contributed by atoms with Crippen LogP contribution in [0.4, 0.5) is 88.1 Å². The van der Waals surface area contributed by atoms with Crippen molar-refractivity contribution in [1.29, 1.82) is 5.26 Å². The number of thioether (sulfide) groups is 1. The van der Waals surface area contributed by atoms with Gasteiger partial charge >= 0.3 is 146 Å². The molecule has 0 radical (unpaired) electrons. The van der Waals surface area contributed by atoms with E-state index in [0.717, 1.165) is 52.7 Å². The summed E-state index contributed by atoms with van der Waals surface area (Å²) in [7, 11) is 32.3. The number of anilines is 5. The van der Waals surface area contributed by atoms with Gasteiger partial charge in [-0.05, 0) is 129 Å². The van der Waals surface area contributed by atoms with Gasteiger partial charge in [-0.1, -0.05) is 15.3 Å². The van der Waals surface area contributed by atoms with Gasteiger partial charge in [0.05, 0.1) is 29.1 Å². The molecule has 6 heterocycles. The number of ether oxygens (including phenoxy) is 5. The molecule has 30 nitrogen and oxygen atoms in total. The predicted octanol–water partition coefficient (Wildman–Crippen LogP) is 5.03. The number of fused-ring (bicyclic) bond motifs is 1. The van der Waals surface area contributed by atoms with Crippen molar-refractivity contribution < 1.29 is 214 Å². The number of methoxy groups -OCH3 is 1. The fraction of sp³-hybridized carbons (Fsp3) is 0.151. The van der Waals surface area contributed by atoms with Crippen LogP contribution in [0.3, 0.4) is 0 Å². The zero-order valence-electron chi connectivity index (χ0n) is 61.5. The van der Waals surface area contributed by atoms with Gasteiger partial charge in [0.25, 0.3) is 12.4 Å². The first-order chi connectivity index (χ1) is 57.0. The number of hydrazine groups is 1. The number of nitrogens with one attached hydrogen (secondary N) is 3. The molecule has 0 unspecified atom stereocenters. The minimum absolute atomic E-state index is 0. The molecule has 1 amide bonds. The molecular weight excluding hydrogens is 2240 g/mol. The van der Waals surface area contributed by atoms with Crippen LogP contribution in [0.2, 0.25) is 0 Å². The molecule has 10 aromatic rings. The van der Waals surface area contributed by atoms with E-state index in [1.165, 1.54) is 115 Å². The molecule has 11 N–H and O–H groups in total. The number of nitrogen functional groups attached to an aromatic ring is 4. The van der Waals surface area contributed by atoms with Crippen molar-refractivity contribution in [2.24, 2.45) is 10.8 Å². The van der Waals surface area contributed by atoms with E-state index in [2.05, 4.69) is 145 Å². The Labute approximate surface area is 853 Å². The van der Waals surface area contributed by atoms with Crippen molar-refractivity contribution in [2.75, 3.05) is 35.9 Å². The second-order valence-corrected chi connectivity index (χ2v) is 53.2. The number of hydrogen-bond acceptors (Lipinski definition) is 33. The molecule has 0 bridgehead atoms.